The predicted molar refractivity (Wildman–Crippen MR) is 121 cm³/mol. The highest BCUT2D eigenvalue weighted by atomic mass is 79.9. The molecule has 2 saturated heterocycles. The first-order valence-electron chi connectivity index (χ1n) is 9.71. The summed E-state index contributed by atoms with van der Waals surface area (Å²) in [5.41, 5.74) is 1.73. The van der Waals surface area contributed by atoms with Crippen LogP contribution in [0.25, 0.3) is 0 Å². The maximum absolute atomic E-state index is 13.4. The summed E-state index contributed by atoms with van der Waals surface area (Å²) in [6.45, 7) is 1.05. The Morgan fingerprint density at radius 2 is 2.00 bits per heavy atom. The van der Waals surface area contributed by atoms with Crippen LogP contribution in [0.2, 0.25) is 0 Å². The van der Waals surface area contributed by atoms with E-state index >= 15 is 0 Å². The van der Waals surface area contributed by atoms with Gasteiger partial charge in [0.1, 0.15) is 16.9 Å². The van der Waals surface area contributed by atoms with Crippen molar-refractivity contribution in [2.45, 2.75) is 11.8 Å². The molecule has 2 aliphatic heterocycles. The van der Waals surface area contributed by atoms with E-state index in [-0.39, 0.29) is 29.5 Å². The van der Waals surface area contributed by atoms with Gasteiger partial charge in [-0.2, -0.15) is 0 Å². The number of benzene rings is 2. The van der Waals surface area contributed by atoms with Crippen LogP contribution in [0.15, 0.2) is 46.9 Å². The third-order valence-electron chi connectivity index (χ3n) is 5.47. The fourth-order valence-corrected chi connectivity index (χ4v) is 5.65. The number of carbonyl (C=O) groups is 2. The Morgan fingerprint density at radius 3 is 2.73 bits per heavy atom. The van der Waals surface area contributed by atoms with Crippen molar-refractivity contribution in [1.29, 1.82) is 0 Å². The van der Waals surface area contributed by atoms with Crippen LogP contribution >= 0.6 is 27.7 Å². The van der Waals surface area contributed by atoms with Gasteiger partial charge in [-0.15, -0.1) is 11.8 Å². The molecule has 8 heteroatoms. The Morgan fingerprint density at radius 1 is 1.17 bits per heavy atom. The van der Waals surface area contributed by atoms with Crippen molar-refractivity contribution in [2.24, 2.45) is 5.92 Å². The summed E-state index contributed by atoms with van der Waals surface area (Å²) < 4.78 is 11.8. The Labute approximate surface area is 188 Å². The van der Waals surface area contributed by atoms with E-state index in [0.717, 1.165) is 33.0 Å². The molecule has 2 atom stereocenters. The van der Waals surface area contributed by atoms with Crippen molar-refractivity contribution in [3.05, 3.63) is 52.5 Å². The van der Waals surface area contributed by atoms with Gasteiger partial charge in [-0.1, -0.05) is 22.0 Å². The molecule has 4 rings (SSSR count). The lowest BCUT2D eigenvalue weighted by Gasteiger charge is -2.28. The first-order valence-corrected chi connectivity index (χ1v) is 11.6. The maximum atomic E-state index is 13.4. The number of thioether (sulfide) groups is 1. The molecule has 0 aromatic heterocycles. The minimum atomic E-state index is -0.353. The number of hydrogen-bond donors (Lipinski definition) is 0. The fraction of sp³-hybridized carbons (Fsp3) is 0.364. The second-order valence-electron chi connectivity index (χ2n) is 7.25. The van der Waals surface area contributed by atoms with E-state index in [0.29, 0.717) is 13.1 Å². The molecule has 0 aliphatic carbocycles. The lowest BCUT2D eigenvalue weighted by molar-refractivity contribution is -0.136. The zero-order valence-electron chi connectivity index (χ0n) is 16.8. The van der Waals surface area contributed by atoms with E-state index < -0.39 is 0 Å². The third-order valence-corrected chi connectivity index (χ3v) is 7.21. The molecule has 158 valence electrons. The van der Waals surface area contributed by atoms with Crippen molar-refractivity contribution in [3.8, 4) is 11.5 Å². The van der Waals surface area contributed by atoms with Gasteiger partial charge in [0, 0.05) is 41.0 Å². The lowest BCUT2D eigenvalue weighted by Crippen LogP contribution is -2.37. The van der Waals surface area contributed by atoms with Gasteiger partial charge < -0.3 is 19.3 Å². The van der Waals surface area contributed by atoms with Crippen LogP contribution in [0.5, 0.6) is 11.5 Å². The number of carbonyl (C=O) groups excluding carboxylic acids is 2. The van der Waals surface area contributed by atoms with Crippen LogP contribution in [0.4, 0.5) is 5.69 Å². The molecule has 0 N–H and O–H groups in total. The quantitative estimate of drug-likeness (QED) is 0.631. The number of halogens is 1. The van der Waals surface area contributed by atoms with Crippen molar-refractivity contribution < 1.29 is 19.1 Å². The van der Waals surface area contributed by atoms with Crippen molar-refractivity contribution in [1.82, 2.24) is 4.90 Å². The van der Waals surface area contributed by atoms with Crippen LogP contribution in [0.3, 0.4) is 0 Å². The highest BCUT2D eigenvalue weighted by Gasteiger charge is 2.41. The van der Waals surface area contributed by atoms with Crippen molar-refractivity contribution >= 4 is 45.2 Å². The average Bonchev–Trinajstić information content (AvgIpc) is 3.39. The van der Waals surface area contributed by atoms with E-state index in [9.17, 15) is 9.59 Å². The summed E-state index contributed by atoms with van der Waals surface area (Å²) in [6, 6.07) is 13.2. The van der Waals surface area contributed by atoms with Crippen LogP contribution in [0.1, 0.15) is 17.4 Å². The molecule has 2 aliphatic rings. The van der Waals surface area contributed by atoms with Crippen LogP contribution in [-0.4, -0.2) is 49.8 Å². The van der Waals surface area contributed by atoms with Gasteiger partial charge in [0.25, 0.3) is 0 Å². The zero-order chi connectivity index (χ0) is 21.3. The van der Waals surface area contributed by atoms with Gasteiger partial charge in [-0.05, 0) is 36.4 Å². The summed E-state index contributed by atoms with van der Waals surface area (Å²) in [5.74, 6) is 1.94. The predicted octanol–water partition coefficient (Wildman–Crippen LogP) is 4.09. The summed E-state index contributed by atoms with van der Waals surface area (Å²) in [5, 5.41) is -0.155. The molecule has 2 aromatic carbocycles. The van der Waals surface area contributed by atoms with Gasteiger partial charge in [0.15, 0.2) is 0 Å². The standard InChI is InChI=1S/C22H23BrN2O4S/c1-28-17-6-7-19(29-2)18(12-17)22-24(8-9-30-22)21(27)14-10-20(26)25(13-14)16-5-3-4-15(23)11-16/h3-7,11-12,14,22H,8-10,13H2,1-2H3. The van der Waals surface area contributed by atoms with Gasteiger partial charge in [0.05, 0.1) is 20.1 Å². The number of hydrogen-bond acceptors (Lipinski definition) is 5. The third kappa shape index (κ3) is 4.03. The molecule has 2 heterocycles. The summed E-state index contributed by atoms with van der Waals surface area (Å²) in [7, 11) is 3.25. The van der Waals surface area contributed by atoms with Gasteiger partial charge in [-0.25, -0.2) is 0 Å². The molecule has 2 unspecified atom stereocenters. The largest absolute Gasteiger partial charge is 0.497 e. The SMILES string of the molecule is COc1ccc(OC)c(C2SCCN2C(=O)C2CC(=O)N(c3cccc(Br)c3)C2)c1. The molecule has 0 bridgehead atoms. The van der Waals surface area contributed by atoms with Crippen LogP contribution in [-0.2, 0) is 9.59 Å². The molecule has 0 spiro atoms. The fourth-order valence-electron chi connectivity index (χ4n) is 3.99. The number of nitrogens with zero attached hydrogens (tertiary/aromatic N) is 2. The van der Waals surface area contributed by atoms with Crippen LogP contribution in [0, 0.1) is 5.92 Å². The molecule has 2 aromatic rings. The highest BCUT2D eigenvalue weighted by Crippen LogP contribution is 2.44. The normalized spacial score (nSPS) is 21.2. The second-order valence-corrected chi connectivity index (χ2v) is 9.35. The topological polar surface area (TPSA) is 59.1 Å². The van der Waals surface area contributed by atoms with Gasteiger partial charge >= 0.3 is 0 Å². The number of rotatable bonds is 5. The highest BCUT2D eigenvalue weighted by molar-refractivity contribution is 9.10. The molecule has 0 radical (unpaired) electrons. The molecular weight excluding hydrogens is 468 g/mol. The molecule has 2 amide bonds. The van der Waals surface area contributed by atoms with Gasteiger partial charge in [0.2, 0.25) is 11.8 Å². The van der Waals surface area contributed by atoms with E-state index in [2.05, 4.69) is 15.9 Å². The smallest absolute Gasteiger partial charge is 0.229 e. The number of methoxy groups -OCH3 is 2. The minimum Gasteiger partial charge on any atom is -0.497 e. The summed E-state index contributed by atoms with van der Waals surface area (Å²) >= 11 is 5.15. The lowest BCUT2D eigenvalue weighted by atomic mass is 10.1. The average molecular weight is 491 g/mol. The second kappa shape index (κ2) is 8.89. The monoisotopic (exact) mass is 490 g/mol. The van der Waals surface area contributed by atoms with E-state index in [1.807, 2.05) is 47.4 Å². The molecule has 6 nitrogen and oxygen atoms in total. The Bertz CT molecular complexity index is 970. The van der Waals surface area contributed by atoms with Crippen molar-refractivity contribution in [3.63, 3.8) is 0 Å². The van der Waals surface area contributed by atoms with E-state index in [4.69, 9.17) is 9.47 Å². The molecule has 0 saturated carbocycles. The first kappa shape index (κ1) is 21.1. The number of amides is 2. The maximum Gasteiger partial charge on any atom is 0.229 e. The molecular formula is C22H23BrN2O4S. The number of ether oxygens (including phenoxy) is 2. The van der Waals surface area contributed by atoms with Crippen molar-refractivity contribution in [2.75, 3.05) is 38.0 Å². The summed E-state index contributed by atoms with van der Waals surface area (Å²) in [6.07, 6.45) is 0.231. The molecule has 2 fully saturated rings. The van der Waals surface area contributed by atoms with E-state index in [1.54, 1.807) is 30.9 Å². The van der Waals surface area contributed by atoms with Crippen LogP contribution < -0.4 is 14.4 Å². The Hall–Kier alpha value is -2.19. The number of anilines is 1. The Balaban J connectivity index is 1.55. The first-order chi connectivity index (χ1) is 14.5. The molecule has 30 heavy (non-hydrogen) atoms. The Kier molecular flexibility index (Phi) is 6.24. The minimum absolute atomic E-state index is 0.0146. The van der Waals surface area contributed by atoms with E-state index in [1.165, 1.54) is 0 Å². The summed E-state index contributed by atoms with van der Waals surface area (Å²) in [4.78, 5) is 29.7. The zero-order valence-corrected chi connectivity index (χ0v) is 19.2. The van der Waals surface area contributed by atoms with Gasteiger partial charge in [-0.3, -0.25) is 9.59 Å².